The quantitative estimate of drug-likeness (QED) is 0.401. The maximum Gasteiger partial charge on any atom is 0.260 e. The molecule has 0 aliphatic heterocycles. The van der Waals surface area contributed by atoms with Crippen molar-refractivity contribution in [2.24, 2.45) is 0 Å². The molecule has 0 spiro atoms. The molecule has 0 aliphatic carbocycles. The fourth-order valence-electron chi connectivity index (χ4n) is 3.06. The number of aromatic nitrogens is 1. The fourth-order valence-corrected chi connectivity index (χ4v) is 4.74. The zero-order chi connectivity index (χ0) is 21.0. The molecule has 2 aromatic carbocycles. The van der Waals surface area contributed by atoms with Gasteiger partial charge in [-0.25, -0.2) is 4.98 Å². The van der Waals surface area contributed by atoms with E-state index in [1.165, 1.54) is 11.3 Å². The Balaban J connectivity index is 2.03. The molecular formula is C21H23BrClN3O2S. The third-order valence-electron chi connectivity index (χ3n) is 4.75. The normalized spacial score (nSPS) is 11.2. The van der Waals surface area contributed by atoms with Crippen LogP contribution in [0.15, 0.2) is 40.9 Å². The predicted octanol–water partition coefficient (Wildman–Crippen LogP) is 5.71. The molecule has 1 aromatic heterocycles. The Morgan fingerprint density at radius 3 is 2.62 bits per heavy atom. The molecule has 0 bridgehead atoms. The summed E-state index contributed by atoms with van der Waals surface area (Å²) >= 11 is 11.2. The Morgan fingerprint density at radius 1 is 1.21 bits per heavy atom. The van der Waals surface area contributed by atoms with E-state index in [1.54, 1.807) is 24.1 Å². The molecular weight excluding hydrogens is 474 g/mol. The van der Waals surface area contributed by atoms with E-state index in [0.29, 0.717) is 33.5 Å². The number of likely N-dealkylation sites (N-methyl/N-ethyl adjacent to an activating group) is 1. The Bertz CT molecular complexity index is 1010. The first-order chi connectivity index (χ1) is 14.0. The van der Waals surface area contributed by atoms with Crippen LogP contribution in [0.2, 0.25) is 5.02 Å². The Labute approximate surface area is 188 Å². The lowest BCUT2D eigenvalue weighted by molar-refractivity contribution is 0.0983. The van der Waals surface area contributed by atoms with Gasteiger partial charge in [0.2, 0.25) is 0 Å². The molecule has 0 saturated carbocycles. The van der Waals surface area contributed by atoms with Gasteiger partial charge in [-0.3, -0.25) is 9.69 Å². The third kappa shape index (κ3) is 4.91. The van der Waals surface area contributed by atoms with Crippen molar-refractivity contribution in [1.29, 1.82) is 0 Å². The molecule has 154 valence electrons. The van der Waals surface area contributed by atoms with Crippen LogP contribution in [-0.4, -0.2) is 49.1 Å². The molecule has 0 radical (unpaired) electrons. The van der Waals surface area contributed by atoms with Crippen molar-refractivity contribution >= 4 is 60.1 Å². The summed E-state index contributed by atoms with van der Waals surface area (Å²) in [7, 11) is 1.60. The topological polar surface area (TPSA) is 45.7 Å². The molecule has 0 fully saturated rings. The summed E-state index contributed by atoms with van der Waals surface area (Å²) in [4.78, 5) is 22.1. The van der Waals surface area contributed by atoms with Crippen molar-refractivity contribution in [3.05, 3.63) is 51.5 Å². The highest BCUT2D eigenvalue weighted by molar-refractivity contribution is 9.10. The van der Waals surface area contributed by atoms with Gasteiger partial charge in [0.05, 0.1) is 16.8 Å². The number of carbonyl (C=O) groups is 1. The number of ether oxygens (including phenoxy) is 1. The highest BCUT2D eigenvalue weighted by atomic mass is 79.9. The lowest BCUT2D eigenvalue weighted by atomic mass is 10.2. The van der Waals surface area contributed by atoms with Gasteiger partial charge in [-0.15, -0.1) is 0 Å². The smallest absolute Gasteiger partial charge is 0.260 e. The fraction of sp³-hybridized carbons (Fsp3) is 0.333. The number of amides is 1. The minimum atomic E-state index is -0.0902. The maximum absolute atomic E-state index is 13.4. The number of nitrogens with zero attached hydrogens (tertiary/aromatic N) is 3. The number of fused-ring (bicyclic) bond motifs is 1. The van der Waals surface area contributed by atoms with Gasteiger partial charge < -0.3 is 9.64 Å². The number of hydrogen-bond acceptors (Lipinski definition) is 5. The average Bonchev–Trinajstić information content (AvgIpc) is 3.17. The monoisotopic (exact) mass is 495 g/mol. The van der Waals surface area contributed by atoms with Gasteiger partial charge in [0.15, 0.2) is 5.13 Å². The lowest BCUT2D eigenvalue weighted by Gasteiger charge is -2.24. The van der Waals surface area contributed by atoms with E-state index >= 15 is 0 Å². The molecule has 0 N–H and O–H groups in total. The second kappa shape index (κ2) is 9.89. The summed E-state index contributed by atoms with van der Waals surface area (Å²) in [6, 6.07) is 11.0. The van der Waals surface area contributed by atoms with E-state index in [0.717, 1.165) is 28.8 Å². The van der Waals surface area contributed by atoms with Crippen molar-refractivity contribution in [2.75, 3.05) is 38.2 Å². The first-order valence-electron chi connectivity index (χ1n) is 9.41. The molecule has 29 heavy (non-hydrogen) atoms. The zero-order valence-electron chi connectivity index (χ0n) is 16.6. The maximum atomic E-state index is 13.4. The van der Waals surface area contributed by atoms with Crippen molar-refractivity contribution in [1.82, 2.24) is 9.88 Å². The van der Waals surface area contributed by atoms with E-state index in [-0.39, 0.29) is 5.91 Å². The van der Waals surface area contributed by atoms with Gasteiger partial charge in [-0.2, -0.15) is 0 Å². The number of hydrogen-bond donors (Lipinski definition) is 0. The molecule has 0 saturated heterocycles. The standard InChI is InChI=1S/C21H23BrClN3O2S/c1-4-25(5-2)11-12-26(20(27)14-7-6-8-15(22)13-14)21-24-18-17(28-3)10-9-16(23)19(18)29-21/h6-10,13H,4-5,11-12H2,1-3H3. The molecule has 0 aliphatic rings. The van der Waals surface area contributed by atoms with Crippen LogP contribution < -0.4 is 9.64 Å². The number of methoxy groups -OCH3 is 1. The lowest BCUT2D eigenvalue weighted by Crippen LogP contribution is -2.38. The molecule has 0 unspecified atom stereocenters. The summed E-state index contributed by atoms with van der Waals surface area (Å²) in [5, 5.41) is 1.21. The van der Waals surface area contributed by atoms with E-state index in [2.05, 4.69) is 34.7 Å². The summed E-state index contributed by atoms with van der Waals surface area (Å²) in [5.41, 5.74) is 1.28. The average molecular weight is 497 g/mol. The number of carbonyl (C=O) groups excluding carboxylic acids is 1. The van der Waals surface area contributed by atoms with E-state index in [1.807, 2.05) is 24.3 Å². The Morgan fingerprint density at radius 2 is 1.97 bits per heavy atom. The van der Waals surface area contributed by atoms with Crippen molar-refractivity contribution in [2.45, 2.75) is 13.8 Å². The zero-order valence-corrected chi connectivity index (χ0v) is 19.8. The minimum absolute atomic E-state index is 0.0902. The highest BCUT2D eigenvalue weighted by Crippen LogP contribution is 2.39. The molecule has 3 rings (SSSR count). The highest BCUT2D eigenvalue weighted by Gasteiger charge is 2.23. The molecule has 3 aromatic rings. The third-order valence-corrected chi connectivity index (χ3v) is 6.78. The van der Waals surface area contributed by atoms with Gasteiger partial charge in [-0.1, -0.05) is 58.8 Å². The molecule has 1 heterocycles. The van der Waals surface area contributed by atoms with Gasteiger partial charge in [0.25, 0.3) is 5.91 Å². The summed E-state index contributed by atoms with van der Waals surface area (Å²) in [5.74, 6) is 0.554. The number of thiazole rings is 1. The molecule has 0 atom stereocenters. The number of benzene rings is 2. The van der Waals surface area contributed by atoms with Crippen LogP contribution in [0.4, 0.5) is 5.13 Å². The first-order valence-corrected chi connectivity index (χ1v) is 11.4. The van der Waals surface area contributed by atoms with Gasteiger partial charge in [-0.05, 0) is 43.4 Å². The van der Waals surface area contributed by atoms with Crippen LogP contribution in [0, 0.1) is 0 Å². The van der Waals surface area contributed by atoms with Gasteiger partial charge >= 0.3 is 0 Å². The van der Waals surface area contributed by atoms with Crippen LogP contribution in [0.25, 0.3) is 10.2 Å². The van der Waals surface area contributed by atoms with Crippen LogP contribution in [0.3, 0.4) is 0 Å². The van der Waals surface area contributed by atoms with Crippen LogP contribution >= 0.6 is 38.9 Å². The van der Waals surface area contributed by atoms with Crippen LogP contribution in [0.5, 0.6) is 5.75 Å². The Hall–Kier alpha value is -1.67. The second-order valence-electron chi connectivity index (χ2n) is 6.42. The van der Waals surface area contributed by atoms with E-state index in [4.69, 9.17) is 21.3 Å². The Kier molecular flexibility index (Phi) is 7.51. The van der Waals surface area contributed by atoms with E-state index < -0.39 is 0 Å². The SMILES string of the molecule is CCN(CC)CCN(C(=O)c1cccc(Br)c1)c1nc2c(OC)ccc(Cl)c2s1. The summed E-state index contributed by atoms with van der Waals surface area (Å²) < 4.78 is 7.11. The van der Waals surface area contributed by atoms with Gasteiger partial charge in [0.1, 0.15) is 11.3 Å². The largest absolute Gasteiger partial charge is 0.494 e. The van der Waals surface area contributed by atoms with Crippen LogP contribution in [-0.2, 0) is 0 Å². The van der Waals surface area contributed by atoms with Gasteiger partial charge in [0, 0.05) is 23.1 Å². The van der Waals surface area contributed by atoms with E-state index in [9.17, 15) is 4.79 Å². The van der Waals surface area contributed by atoms with Crippen molar-refractivity contribution < 1.29 is 9.53 Å². The molecule has 5 nitrogen and oxygen atoms in total. The molecule has 8 heteroatoms. The molecule has 1 amide bonds. The summed E-state index contributed by atoms with van der Waals surface area (Å²) in [6.07, 6.45) is 0. The van der Waals surface area contributed by atoms with Crippen molar-refractivity contribution in [3.63, 3.8) is 0 Å². The number of anilines is 1. The minimum Gasteiger partial charge on any atom is -0.494 e. The number of halogens is 2. The number of rotatable bonds is 8. The summed E-state index contributed by atoms with van der Waals surface area (Å²) in [6.45, 7) is 7.38. The predicted molar refractivity (Wildman–Crippen MR) is 125 cm³/mol. The second-order valence-corrected chi connectivity index (χ2v) is 8.72. The first kappa shape index (κ1) is 22.0. The van der Waals surface area contributed by atoms with Crippen LogP contribution in [0.1, 0.15) is 24.2 Å². The van der Waals surface area contributed by atoms with Crippen molar-refractivity contribution in [3.8, 4) is 5.75 Å².